The third-order valence-electron chi connectivity index (χ3n) is 4.38. The maximum absolute atomic E-state index is 12.2. The van der Waals surface area contributed by atoms with Crippen LogP contribution in [0.15, 0.2) is 72.8 Å². The van der Waals surface area contributed by atoms with Gasteiger partial charge in [0.1, 0.15) is 5.75 Å². The first kappa shape index (κ1) is 17.9. The van der Waals surface area contributed by atoms with Gasteiger partial charge in [0, 0.05) is 33.0 Å². The summed E-state index contributed by atoms with van der Waals surface area (Å²) in [4.78, 5) is 15.5. The molecule has 0 aliphatic carbocycles. The number of fused-ring (bicyclic) bond motifs is 1. The molecule has 5 nitrogen and oxygen atoms in total. The molecule has 1 heterocycles. The SMILES string of the molecule is COc1ccc(NC(=O)Nc2ccc(-c3cc4cc(Cl)ccc4[nH]3)cc2)cc1. The zero-order valence-corrected chi connectivity index (χ0v) is 15.9. The maximum atomic E-state index is 12.2. The van der Waals surface area contributed by atoms with E-state index in [1.807, 2.05) is 42.5 Å². The third kappa shape index (κ3) is 3.94. The van der Waals surface area contributed by atoms with Gasteiger partial charge in [-0.2, -0.15) is 0 Å². The average Bonchev–Trinajstić information content (AvgIpc) is 3.12. The Balaban J connectivity index is 1.44. The van der Waals surface area contributed by atoms with Crippen molar-refractivity contribution < 1.29 is 9.53 Å². The number of aromatic nitrogens is 1. The van der Waals surface area contributed by atoms with E-state index in [2.05, 4.69) is 21.7 Å². The van der Waals surface area contributed by atoms with Gasteiger partial charge >= 0.3 is 6.03 Å². The van der Waals surface area contributed by atoms with Gasteiger partial charge in [0.2, 0.25) is 0 Å². The number of nitrogens with one attached hydrogen (secondary N) is 3. The Morgan fingerprint density at radius 3 is 2.18 bits per heavy atom. The summed E-state index contributed by atoms with van der Waals surface area (Å²) in [6.45, 7) is 0. The van der Waals surface area contributed by atoms with Crippen LogP contribution in [0.1, 0.15) is 0 Å². The number of hydrogen-bond acceptors (Lipinski definition) is 2. The van der Waals surface area contributed by atoms with Crippen molar-refractivity contribution in [3.05, 3.63) is 77.8 Å². The molecular weight excluding hydrogens is 374 g/mol. The lowest BCUT2D eigenvalue weighted by Crippen LogP contribution is -2.19. The van der Waals surface area contributed by atoms with Gasteiger partial charge in [-0.05, 0) is 66.2 Å². The van der Waals surface area contributed by atoms with Crippen LogP contribution in [0, 0.1) is 0 Å². The highest BCUT2D eigenvalue weighted by molar-refractivity contribution is 6.31. The number of methoxy groups -OCH3 is 1. The van der Waals surface area contributed by atoms with Crippen LogP contribution in [0.2, 0.25) is 5.02 Å². The second kappa shape index (κ2) is 7.66. The van der Waals surface area contributed by atoms with Crippen molar-refractivity contribution in [3.8, 4) is 17.0 Å². The fraction of sp³-hybridized carbons (Fsp3) is 0.0455. The van der Waals surface area contributed by atoms with Gasteiger partial charge in [0.05, 0.1) is 7.11 Å². The molecular formula is C22H18ClN3O2. The number of halogens is 1. The fourth-order valence-electron chi connectivity index (χ4n) is 2.96. The Bertz CT molecular complexity index is 1120. The predicted octanol–water partition coefficient (Wildman–Crippen LogP) is 6.14. The largest absolute Gasteiger partial charge is 0.497 e. The molecule has 0 aliphatic heterocycles. The normalized spacial score (nSPS) is 10.6. The maximum Gasteiger partial charge on any atom is 0.323 e. The molecule has 3 N–H and O–H groups in total. The van der Waals surface area contributed by atoms with E-state index in [4.69, 9.17) is 16.3 Å². The minimum atomic E-state index is -0.307. The highest BCUT2D eigenvalue weighted by Gasteiger charge is 2.06. The number of urea groups is 1. The summed E-state index contributed by atoms with van der Waals surface area (Å²) < 4.78 is 5.11. The van der Waals surface area contributed by atoms with Crippen molar-refractivity contribution >= 4 is 39.9 Å². The molecule has 0 unspecified atom stereocenters. The van der Waals surface area contributed by atoms with Gasteiger partial charge in [-0.3, -0.25) is 0 Å². The summed E-state index contributed by atoms with van der Waals surface area (Å²) in [6, 6.07) is 22.3. The number of amides is 2. The van der Waals surface area contributed by atoms with Crippen LogP contribution in [0.25, 0.3) is 22.2 Å². The van der Waals surface area contributed by atoms with E-state index in [-0.39, 0.29) is 6.03 Å². The van der Waals surface area contributed by atoms with Crippen molar-refractivity contribution in [2.75, 3.05) is 17.7 Å². The predicted molar refractivity (Wildman–Crippen MR) is 114 cm³/mol. The van der Waals surface area contributed by atoms with Gasteiger partial charge in [0.15, 0.2) is 0 Å². The Morgan fingerprint density at radius 1 is 0.893 bits per heavy atom. The molecule has 2 amide bonds. The minimum Gasteiger partial charge on any atom is -0.497 e. The average molecular weight is 392 g/mol. The third-order valence-corrected chi connectivity index (χ3v) is 4.62. The van der Waals surface area contributed by atoms with Crippen molar-refractivity contribution in [1.82, 2.24) is 4.98 Å². The summed E-state index contributed by atoms with van der Waals surface area (Å²) in [7, 11) is 1.60. The number of anilines is 2. The zero-order valence-electron chi connectivity index (χ0n) is 15.1. The topological polar surface area (TPSA) is 66.2 Å². The summed E-state index contributed by atoms with van der Waals surface area (Å²) in [6.07, 6.45) is 0. The van der Waals surface area contributed by atoms with Crippen molar-refractivity contribution in [2.24, 2.45) is 0 Å². The van der Waals surface area contributed by atoms with Crippen LogP contribution < -0.4 is 15.4 Å². The number of hydrogen-bond donors (Lipinski definition) is 3. The molecule has 0 fully saturated rings. The molecule has 0 bridgehead atoms. The quantitative estimate of drug-likeness (QED) is 0.391. The van der Waals surface area contributed by atoms with Crippen LogP contribution in [-0.2, 0) is 0 Å². The standard InChI is InChI=1S/C22H18ClN3O2/c1-28-19-9-7-18(8-10-19)25-22(27)24-17-5-2-14(3-6-17)21-13-15-12-16(23)4-11-20(15)26-21/h2-13,26H,1H3,(H2,24,25,27). The Morgan fingerprint density at radius 2 is 1.54 bits per heavy atom. The van der Waals surface area contributed by atoms with Gasteiger partial charge in [0.25, 0.3) is 0 Å². The van der Waals surface area contributed by atoms with Crippen LogP contribution >= 0.6 is 11.6 Å². The summed E-state index contributed by atoms with van der Waals surface area (Å²) in [5.41, 5.74) is 4.43. The van der Waals surface area contributed by atoms with Crippen LogP contribution in [0.4, 0.5) is 16.2 Å². The zero-order chi connectivity index (χ0) is 19.5. The lowest BCUT2D eigenvalue weighted by Gasteiger charge is -2.09. The van der Waals surface area contributed by atoms with Crippen molar-refractivity contribution in [1.29, 1.82) is 0 Å². The highest BCUT2D eigenvalue weighted by atomic mass is 35.5. The summed E-state index contributed by atoms with van der Waals surface area (Å²) in [5.74, 6) is 0.737. The molecule has 0 saturated heterocycles. The van der Waals surface area contributed by atoms with Crippen LogP contribution in [0.5, 0.6) is 5.75 Å². The number of H-pyrrole nitrogens is 1. The van der Waals surface area contributed by atoms with E-state index in [1.54, 1.807) is 31.4 Å². The minimum absolute atomic E-state index is 0.307. The molecule has 0 spiro atoms. The Hall–Kier alpha value is -3.44. The number of aromatic amines is 1. The number of benzene rings is 3. The molecule has 4 rings (SSSR count). The molecule has 140 valence electrons. The summed E-state index contributed by atoms with van der Waals surface area (Å²) in [5, 5.41) is 7.38. The van der Waals surface area contributed by atoms with Gasteiger partial charge in [-0.25, -0.2) is 4.79 Å². The first-order chi connectivity index (χ1) is 13.6. The molecule has 3 aromatic carbocycles. The Kier molecular flexibility index (Phi) is 4.91. The van der Waals surface area contributed by atoms with E-state index in [0.29, 0.717) is 16.4 Å². The number of rotatable bonds is 4. The molecule has 1 aromatic heterocycles. The van der Waals surface area contributed by atoms with E-state index >= 15 is 0 Å². The van der Waals surface area contributed by atoms with Crippen molar-refractivity contribution in [3.63, 3.8) is 0 Å². The first-order valence-electron chi connectivity index (χ1n) is 8.71. The lowest BCUT2D eigenvalue weighted by molar-refractivity contribution is 0.262. The van der Waals surface area contributed by atoms with Gasteiger partial charge in [-0.1, -0.05) is 23.7 Å². The monoisotopic (exact) mass is 391 g/mol. The van der Waals surface area contributed by atoms with Gasteiger partial charge < -0.3 is 20.4 Å². The Labute approximate surface area is 167 Å². The van der Waals surface area contributed by atoms with E-state index in [9.17, 15) is 4.79 Å². The van der Waals surface area contributed by atoms with Crippen LogP contribution in [0.3, 0.4) is 0 Å². The molecule has 0 atom stereocenters. The molecule has 0 aliphatic rings. The smallest absolute Gasteiger partial charge is 0.323 e. The second-order valence-corrected chi connectivity index (χ2v) is 6.74. The van der Waals surface area contributed by atoms with Crippen molar-refractivity contribution in [2.45, 2.75) is 0 Å². The van der Waals surface area contributed by atoms with E-state index in [0.717, 1.165) is 27.9 Å². The molecule has 6 heteroatoms. The van der Waals surface area contributed by atoms with Gasteiger partial charge in [-0.15, -0.1) is 0 Å². The summed E-state index contributed by atoms with van der Waals surface area (Å²) >= 11 is 6.05. The molecule has 4 aromatic rings. The van der Waals surface area contributed by atoms with E-state index < -0.39 is 0 Å². The second-order valence-electron chi connectivity index (χ2n) is 6.30. The first-order valence-corrected chi connectivity index (χ1v) is 9.09. The molecule has 0 radical (unpaired) electrons. The lowest BCUT2D eigenvalue weighted by atomic mass is 10.1. The van der Waals surface area contributed by atoms with Crippen LogP contribution in [-0.4, -0.2) is 18.1 Å². The number of ether oxygens (including phenoxy) is 1. The number of carbonyl (C=O) groups is 1. The molecule has 0 saturated carbocycles. The highest BCUT2D eigenvalue weighted by Crippen LogP contribution is 2.27. The molecule has 28 heavy (non-hydrogen) atoms. The number of carbonyl (C=O) groups excluding carboxylic acids is 1. The van der Waals surface area contributed by atoms with E-state index in [1.165, 1.54) is 0 Å². The fourth-order valence-corrected chi connectivity index (χ4v) is 3.14.